The molecule has 0 bridgehead atoms. The summed E-state index contributed by atoms with van der Waals surface area (Å²) < 4.78 is 5.79. The predicted octanol–water partition coefficient (Wildman–Crippen LogP) is 2.86. The smallest absolute Gasteiger partial charge is 0.168 e. The minimum absolute atomic E-state index is 0.358. The van der Waals surface area contributed by atoms with Crippen molar-refractivity contribution in [2.24, 2.45) is 0 Å². The van der Waals surface area contributed by atoms with Crippen molar-refractivity contribution in [2.75, 3.05) is 30.9 Å². The Morgan fingerprint density at radius 3 is 2.71 bits per heavy atom. The van der Waals surface area contributed by atoms with Gasteiger partial charge < -0.3 is 15.0 Å². The van der Waals surface area contributed by atoms with Gasteiger partial charge in [0.1, 0.15) is 18.2 Å². The Morgan fingerprint density at radius 1 is 1.19 bits per heavy atom. The van der Waals surface area contributed by atoms with Crippen LogP contribution in [0.3, 0.4) is 0 Å². The van der Waals surface area contributed by atoms with Crippen LogP contribution < -0.4 is 15.0 Å². The maximum absolute atomic E-state index is 5.79. The Balaban J connectivity index is 2.07. The topological polar surface area (TPSA) is 50.3 Å². The van der Waals surface area contributed by atoms with Crippen LogP contribution in [0.4, 0.5) is 11.5 Å². The predicted molar refractivity (Wildman–Crippen MR) is 86.0 cm³/mol. The number of anilines is 2. The summed E-state index contributed by atoms with van der Waals surface area (Å²) in [5.41, 5.74) is 2.03. The summed E-state index contributed by atoms with van der Waals surface area (Å²) in [6.07, 6.45) is 0. The molecule has 1 N–H and O–H groups in total. The molecule has 1 heterocycles. The van der Waals surface area contributed by atoms with Gasteiger partial charge in [-0.05, 0) is 26.0 Å². The van der Waals surface area contributed by atoms with E-state index >= 15 is 0 Å². The van der Waals surface area contributed by atoms with Crippen molar-refractivity contribution in [3.8, 4) is 5.75 Å². The van der Waals surface area contributed by atoms with Gasteiger partial charge in [-0.25, -0.2) is 9.97 Å². The van der Waals surface area contributed by atoms with Gasteiger partial charge in [0, 0.05) is 44.2 Å². The molecule has 0 spiro atoms. The average molecular weight is 286 g/mol. The molecule has 0 saturated heterocycles. The van der Waals surface area contributed by atoms with Crippen molar-refractivity contribution in [3.05, 3.63) is 41.9 Å². The molecule has 0 radical (unpaired) electrons. The summed E-state index contributed by atoms with van der Waals surface area (Å²) >= 11 is 0. The van der Waals surface area contributed by atoms with E-state index in [1.165, 1.54) is 0 Å². The summed E-state index contributed by atoms with van der Waals surface area (Å²) in [5, 5.41) is 3.20. The van der Waals surface area contributed by atoms with E-state index < -0.39 is 0 Å². The van der Waals surface area contributed by atoms with E-state index in [1.54, 1.807) is 0 Å². The highest BCUT2D eigenvalue weighted by atomic mass is 16.5. The van der Waals surface area contributed by atoms with Gasteiger partial charge in [-0.15, -0.1) is 0 Å². The quantitative estimate of drug-likeness (QED) is 0.885. The van der Waals surface area contributed by atoms with Crippen LogP contribution in [0.1, 0.15) is 18.4 Å². The zero-order valence-electron chi connectivity index (χ0n) is 13.1. The Morgan fingerprint density at radius 2 is 2.00 bits per heavy atom. The summed E-state index contributed by atoms with van der Waals surface area (Å²) in [4.78, 5) is 10.9. The first-order chi connectivity index (χ1) is 10.1. The van der Waals surface area contributed by atoms with E-state index in [9.17, 15) is 0 Å². The van der Waals surface area contributed by atoms with Crippen molar-refractivity contribution in [1.29, 1.82) is 0 Å². The fourth-order valence-electron chi connectivity index (χ4n) is 1.97. The second kappa shape index (κ2) is 6.92. The van der Waals surface area contributed by atoms with Crippen molar-refractivity contribution in [2.45, 2.75) is 20.5 Å². The SMILES string of the molecule is CCNc1cc(C)nc(COc2cccc(N(C)C)c2)n1. The molecule has 0 aliphatic heterocycles. The van der Waals surface area contributed by atoms with Crippen molar-refractivity contribution < 1.29 is 4.74 Å². The van der Waals surface area contributed by atoms with Gasteiger partial charge in [0.15, 0.2) is 5.82 Å². The molecule has 21 heavy (non-hydrogen) atoms. The van der Waals surface area contributed by atoms with E-state index in [4.69, 9.17) is 4.74 Å². The van der Waals surface area contributed by atoms with Gasteiger partial charge in [-0.2, -0.15) is 0 Å². The lowest BCUT2D eigenvalue weighted by atomic mass is 10.3. The molecular weight excluding hydrogens is 264 g/mol. The zero-order chi connectivity index (χ0) is 15.2. The number of benzene rings is 1. The number of aromatic nitrogens is 2. The fourth-order valence-corrected chi connectivity index (χ4v) is 1.97. The number of nitrogens with one attached hydrogen (secondary N) is 1. The Bertz CT molecular complexity index is 599. The van der Waals surface area contributed by atoms with Crippen LogP contribution in [0.25, 0.3) is 0 Å². The average Bonchev–Trinajstić information content (AvgIpc) is 2.45. The number of aryl methyl sites for hydroxylation is 1. The van der Waals surface area contributed by atoms with Crippen LogP contribution in [0.2, 0.25) is 0 Å². The van der Waals surface area contributed by atoms with E-state index in [-0.39, 0.29) is 0 Å². The van der Waals surface area contributed by atoms with Crippen molar-refractivity contribution in [3.63, 3.8) is 0 Å². The first kappa shape index (κ1) is 15.1. The van der Waals surface area contributed by atoms with Gasteiger partial charge in [-0.1, -0.05) is 6.07 Å². The van der Waals surface area contributed by atoms with Gasteiger partial charge in [-0.3, -0.25) is 0 Å². The summed E-state index contributed by atoms with van der Waals surface area (Å²) in [6, 6.07) is 9.89. The zero-order valence-corrected chi connectivity index (χ0v) is 13.1. The van der Waals surface area contributed by atoms with Crippen LogP contribution in [-0.2, 0) is 6.61 Å². The van der Waals surface area contributed by atoms with Crippen LogP contribution in [0, 0.1) is 6.92 Å². The monoisotopic (exact) mass is 286 g/mol. The molecule has 1 aromatic carbocycles. The maximum atomic E-state index is 5.79. The minimum Gasteiger partial charge on any atom is -0.486 e. The van der Waals surface area contributed by atoms with Crippen molar-refractivity contribution in [1.82, 2.24) is 9.97 Å². The third-order valence-corrected chi connectivity index (χ3v) is 2.96. The van der Waals surface area contributed by atoms with Gasteiger partial charge in [0.05, 0.1) is 0 Å². The summed E-state index contributed by atoms with van der Waals surface area (Å²) in [7, 11) is 4.01. The molecule has 112 valence electrons. The number of ether oxygens (including phenoxy) is 1. The molecule has 1 aromatic heterocycles. The molecule has 0 aliphatic rings. The summed E-state index contributed by atoms with van der Waals surface area (Å²) in [5.74, 6) is 2.34. The second-order valence-electron chi connectivity index (χ2n) is 5.02. The lowest BCUT2D eigenvalue weighted by molar-refractivity contribution is 0.296. The van der Waals surface area contributed by atoms with Crippen LogP contribution in [0.5, 0.6) is 5.75 Å². The maximum Gasteiger partial charge on any atom is 0.168 e. The van der Waals surface area contributed by atoms with E-state index in [0.717, 1.165) is 29.5 Å². The van der Waals surface area contributed by atoms with E-state index in [0.29, 0.717) is 12.4 Å². The molecule has 5 heteroatoms. The van der Waals surface area contributed by atoms with Crippen molar-refractivity contribution >= 4 is 11.5 Å². The van der Waals surface area contributed by atoms with Gasteiger partial charge in [0.25, 0.3) is 0 Å². The Kier molecular flexibility index (Phi) is 4.98. The molecule has 2 aromatic rings. The minimum atomic E-state index is 0.358. The molecule has 2 rings (SSSR count). The van der Waals surface area contributed by atoms with Gasteiger partial charge in [0.2, 0.25) is 0 Å². The first-order valence-corrected chi connectivity index (χ1v) is 7.07. The number of hydrogen-bond donors (Lipinski definition) is 1. The highest BCUT2D eigenvalue weighted by Crippen LogP contribution is 2.20. The standard InChI is InChI=1S/C16H22N4O/c1-5-17-15-9-12(2)18-16(19-15)11-21-14-8-6-7-13(10-14)20(3)4/h6-10H,5,11H2,1-4H3,(H,17,18,19). The highest BCUT2D eigenvalue weighted by molar-refractivity contribution is 5.49. The third-order valence-electron chi connectivity index (χ3n) is 2.96. The normalized spacial score (nSPS) is 10.3. The third kappa shape index (κ3) is 4.34. The Hall–Kier alpha value is -2.30. The largest absolute Gasteiger partial charge is 0.486 e. The van der Waals surface area contributed by atoms with Gasteiger partial charge >= 0.3 is 0 Å². The second-order valence-corrected chi connectivity index (χ2v) is 5.02. The fraction of sp³-hybridized carbons (Fsp3) is 0.375. The van der Waals surface area contributed by atoms with Crippen LogP contribution >= 0.6 is 0 Å². The molecule has 0 aliphatic carbocycles. The molecule has 0 unspecified atom stereocenters. The van der Waals surface area contributed by atoms with E-state index in [2.05, 4.69) is 15.3 Å². The highest BCUT2D eigenvalue weighted by Gasteiger charge is 2.04. The number of nitrogens with zero attached hydrogens (tertiary/aromatic N) is 3. The number of hydrogen-bond acceptors (Lipinski definition) is 5. The molecule has 0 atom stereocenters. The molecule has 0 amide bonds. The Labute approximate surface area is 126 Å². The lowest BCUT2D eigenvalue weighted by Crippen LogP contribution is -2.09. The molecular formula is C16H22N4O. The first-order valence-electron chi connectivity index (χ1n) is 7.07. The van der Waals surface area contributed by atoms with Crippen LogP contribution in [-0.4, -0.2) is 30.6 Å². The molecule has 0 fully saturated rings. The summed E-state index contributed by atoms with van der Waals surface area (Å²) in [6.45, 7) is 5.19. The lowest BCUT2D eigenvalue weighted by Gasteiger charge is -2.14. The molecule has 0 saturated carbocycles. The number of rotatable bonds is 6. The van der Waals surface area contributed by atoms with Crippen LogP contribution in [0.15, 0.2) is 30.3 Å². The molecule has 5 nitrogen and oxygen atoms in total. The van der Waals surface area contributed by atoms with E-state index in [1.807, 2.05) is 63.2 Å².